The number of H-pyrrole nitrogens is 1. The predicted octanol–water partition coefficient (Wildman–Crippen LogP) is 5.00. The first-order chi connectivity index (χ1) is 16.4. The molecule has 0 fully saturated rings. The van der Waals surface area contributed by atoms with Gasteiger partial charge in [0, 0.05) is 31.9 Å². The van der Waals surface area contributed by atoms with Gasteiger partial charge in [0.25, 0.3) is 6.43 Å². The molecular formula is C24H23F2N5O3. The summed E-state index contributed by atoms with van der Waals surface area (Å²) in [6.07, 6.45) is 0.217. The van der Waals surface area contributed by atoms with Gasteiger partial charge in [-0.2, -0.15) is 0 Å². The molecule has 34 heavy (non-hydrogen) atoms. The average Bonchev–Trinajstić information content (AvgIpc) is 3.18. The first kappa shape index (κ1) is 23.2. The number of nitrogens with zero attached hydrogens (tertiary/aromatic N) is 3. The quantitative estimate of drug-likeness (QED) is 0.378. The van der Waals surface area contributed by atoms with Crippen molar-refractivity contribution in [3.63, 3.8) is 0 Å². The molecule has 0 radical (unpaired) electrons. The van der Waals surface area contributed by atoms with Crippen LogP contribution in [0, 0.1) is 0 Å². The number of halogens is 2. The van der Waals surface area contributed by atoms with Gasteiger partial charge >= 0.3 is 0 Å². The summed E-state index contributed by atoms with van der Waals surface area (Å²) in [6.45, 7) is 3.67. The Labute approximate surface area is 194 Å². The molecule has 4 rings (SSSR count). The van der Waals surface area contributed by atoms with Crippen LogP contribution in [0.15, 0.2) is 48.8 Å². The highest BCUT2D eigenvalue weighted by Gasteiger charge is 2.20. The van der Waals surface area contributed by atoms with Crippen LogP contribution in [-0.4, -0.2) is 45.7 Å². The maximum atomic E-state index is 13.4. The second-order valence-corrected chi connectivity index (χ2v) is 7.69. The summed E-state index contributed by atoms with van der Waals surface area (Å²) in [5.41, 5.74) is 3.00. The number of amides is 1. The van der Waals surface area contributed by atoms with Gasteiger partial charge in [-0.25, -0.2) is 18.7 Å². The lowest BCUT2D eigenvalue weighted by atomic mass is 10.0. The first-order valence-electron chi connectivity index (χ1n) is 10.5. The monoisotopic (exact) mass is 467 g/mol. The lowest BCUT2D eigenvalue weighted by Crippen LogP contribution is -2.17. The second-order valence-electron chi connectivity index (χ2n) is 7.69. The normalized spacial score (nSPS) is 12.2. The first-order valence-corrected chi connectivity index (χ1v) is 10.5. The van der Waals surface area contributed by atoms with Crippen LogP contribution in [-0.2, 0) is 9.53 Å². The minimum atomic E-state index is -2.71. The van der Waals surface area contributed by atoms with Crippen LogP contribution >= 0.6 is 0 Å². The van der Waals surface area contributed by atoms with E-state index < -0.39 is 6.43 Å². The number of methoxy groups -OCH3 is 1. The summed E-state index contributed by atoms with van der Waals surface area (Å²) in [5.74, 6) is 0.620. The highest BCUT2D eigenvalue weighted by Crippen LogP contribution is 2.38. The number of hydrogen-bond donors (Lipinski definition) is 2. The van der Waals surface area contributed by atoms with Crippen molar-refractivity contribution < 1.29 is 23.0 Å². The van der Waals surface area contributed by atoms with Gasteiger partial charge in [0.15, 0.2) is 0 Å². The fraction of sp³-hybridized carbons (Fsp3) is 0.250. The molecule has 4 aromatic heterocycles. The Morgan fingerprint density at radius 1 is 1.21 bits per heavy atom. The molecule has 176 valence electrons. The predicted molar refractivity (Wildman–Crippen MR) is 124 cm³/mol. The lowest BCUT2D eigenvalue weighted by molar-refractivity contribution is -0.114. The average molecular weight is 467 g/mol. The standard InChI is InChI=1S/C24H23F2N5O3/c1-13(12-33-3)34-16-10-19-23(28-11-16)21(17-5-4-6-18(30-17)24(25)26)22(31-19)15-7-8-27-20(9-15)29-14(2)32/h4-11,13,24,31H,12H2,1-3H3,(H,27,29,32). The molecule has 1 amide bonds. The van der Waals surface area contributed by atoms with E-state index in [1.54, 1.807) is 43.8 Å². The van der Waals surface area contributed by atoms with Crippen LogP contribution in [0.3, 0.4) is 0 Å². The Hall–Kier alpha value is -3.92. The molecule has 0 bridgehead atoms. The van der Waals surface area contributed by atoms with Gasteiger partial charge in [0.05, 0.1) is 40.8 Å². The Kier molecular flexibility index (Phi) is 6.78. The summed E-state index contributed by atoms with van der Waals surface area (Å²) in [4.78, 5) is 27.7. The molecule has 8 nitrogen and oxygen atoms in total. The minimum Gasteiger partial charge on any atom is -0.487 e. The van der Waals surface area contributed by atoms with Gasteiger partial charge in [0.1, 0.15) is 23.4 Å². The third-order valence-electron chi connectivity index (χ3n) is 4.95. The molecule has 1 atom stereocenters. The van der Waals surface area contributed by atoms with Crippen molar-refractivity contribution in [2.24, 2.45) is 0 Å². The van der Waals surface area contributed by atoms with Crippen molar-refractivity contribution in [1.29, 1.82) is 0 Å². The number of aromatic amines is 1. The van der Waals surface area contributed by atoms with Crippen LogP contribution in [0.4, 0.5) is 14.6 Å². The molecule has 0 spiro atoms. The van der Waals surface area contributed by atoms with E-state index in [1.165, 1.54) is 19.1 Å². The van der Waals surface area contributed by atoms with Gasteiger partial charge in [-0.05, 0) is 31.2 Å². The Morgan fingerprint density at radius 3 is 2.76 bits per heavy atom. The highest BCUT2D eigenvalue weighted by atomic mass is 19.3. The van der Waals surface area contributed by atoms with Crippen molar-refractivity contribution in [1.82, 2.24) is 19.9 Å². The van der Waals surface area contributed by atoms with Gasteiger partial charge in [-0.3, -0.25) is 9.78 Å². The minimum absolute atomic E-state index is 0.192. The molecule has 1 unspecified atom stereocenters. The van der Waals surface area contributed by atoms with Crippen LogP contribution in [0.2, 0.25) is 0 Å². The topological polar surface area (TPSA) is 102 Å². The molecule has 0 saturated carbocycles. The van der Waals surface area contributed by atoms with E-state index >= 15 is 0 Å². The van der Waals surface area contributed by atoms with E-state index in [0.29, 0.717) is 51.7 Å². The molecule has 10 heteroatoms. The van der Waals surface area contributed by atoms with E-state index in [2.05, 4.69) is 25.3 Å². The van der Waals surface area contributed by atoms with E-state index in [4.69, 9.17) is 9.47 Å². The third-order valence-corrected chi connectivity index (χ3v) is 4.95. The number of anilines is 1. The fourth-order valence-electron chi connectivity index (χ4n) is 3.63. The van der Waals surface area contributed by atoms with Crippen LogP contribution < -0.4 is 10.1 Å². The highest BCUT2D eigenvalue weighted by molar-refractivity contribution is 6.01. The zero-order chi connectivity index (χ0) is 24.2. The van der Waals surface area contributed by atoms with E-state index in [1.807, 2.05) is 6.92 Å². The van der Waals surface area contributed by atoms with Gasteiger partial charge in [0.2, 0.25) is 5.91 Å². The number of fused-ring (bicyclic) bond motifs is 1. The second kappa shape index (κ2) is 9.92. The zero-order valence-corrected chi connectivity index (χ0v) is 18.8. The van der Waals surface area contributed by atoms with Crippen molar-refractivity contribution in [2.75, 3.05) is 19.0 Å². The summed E-state index contributed by atoms with van der Waals surface area (Å²) >= 11 is 0. The third kappa shape index (κ3) is 5.01. The number of carbonyl (C=O) groups excluding carboxylic acids is 1. The van der Waals surface area contributed by atoms with E-state index in [9.17, 15) is 13.6 Å². The number of hydrogen-bond acceptors (Lipinski definition) is 6. The smallest absolute Gasteiger partial charge is 0.280 e. The molecule has 0 aromatic carbocycles. The molecule has 4 aromatic rings. The van der Waals surface area contributed by atoms with Crippen molar-refractivity contribution in [3.8, 4) is 28.3 Å². The lowest BCUT2D eigenvalue weighted by Gasteiger charge is -2.13. The van der Waals surface area contributed by atoms with Crippen molar-refractivity contribution >= 4 is 22.8 Å². The number of pyridine rings is 3. The van der Waals surface area contributed by atoms with Crippen LogP contribution in [0.1, 0.15) is 26.0 Å². The number of carbonyl (C=O) groups is 1. The Morgan fingerprint density at radius 2 is 2.03 bits per heavy atom. The maximum Gasteiger partial charge on any atom is 0.280 e. The maximum absolute atomic E-state index is 13.4. The summed E-state index contributed by atoms with van der Waals surface area (Å²) in [5, 5.41) is 2.65. The van der Waals surface area contributed by atoms with E-state index in [-0.39, 0.29) is 17.7 Å². The zero-order valence-electron chi connectivity index (χ0n) is 18.8. The Balaban J connectivity index is 1.88. The van der Waals surface area contributed by atoms with Crippen molar-refractivity contribution in [3.05, 3.63) is 54.5 Å². The Bertz CT molecular complexity index is 1330. The van der Waals surface area contributed by atoms with Gasteiger partial charge in [-0.1, -0.05) is 6.07 Å². The number of nitrogens with one attached hydrogen (secondary N) is 2. The largest absolute Gasteiger partial charge is 0.487 e. The summed E-state index contributed by atoms with van der Waals surface area (Å²) < 4.78 is 37.7. The summed E-state index contributed by atoms with van der Waals surface area (Å²) in [6, 6.07) is 9.68. The van der Waals surface area contributed by atoms with Crippen LogP contribution in [0.25, 0.3) is 33.5 Å². The number of alkyl halides is 2. The summed E-state index contributed by atoms with van der Waals surface area (Å²) in [7, 11) is 1.59. The molecule has 0 aliphatic heterocycles. The fourth-order valence-corrected chi connectivity index (χ4v) is 3.63. The number of rotatable bonds is 8. The number of ether oxygens (including phenoxy) is 2. The molecule has 0 aliphatic rings. The number of aromatic nitrogens is 4. The van der Waals surface area contributed by atoms with Gasteiger partial charge in [-0.15, -0.1) is 0 Å². The molecular weight excluding hydrogens is 444 g/mol. The van der Waals surface area contributed by atoms with Crippen molar-refractivity contribution in [2.45, 2.75) is 26.4 Å². The molecule has 2 N–H and O–H groups in total. The van der Waals surface area contributed by atoms with E-state index in [0.717, 1.165) is 0 Å². The SMILES string of the molecule is COCC(C)Oc1cnc2c(-c3cccc(C(F)F)n3)c(-c3ccnc(NC(C)=O)c3)[nH]c2c1. The van der Waals surface area contributed by atoms with Gasteiger partial charge < -0.3 is 19.8 Å². The molecule has 0 saturated heterocycles. The molecule has 0 aliphatic carbocycles. The molecule has 4 heterocycles. The van der Waals surface area contributed by atoms with Crippen LogP contribution in [0.5, 0.6) is 5.75 Å².